The number of aromatic nitrogens is 1. The van der Waals surface area contributed by atoms with E-state index in [1.165, 1.54) is 0 Å². The number of carbonyl (C=O) groups excluding carboxylic acids is 2. The Balaban J connectivity index is 1.89. The second-order valence-electron chi connectivity index (χ2n) is 7.44. The third-order valence-electron chi connectivity index (χ3n) is 4.52. The Hall–Kier alpha value is -2.41. The molecule has 0 saturated carbocycles. The van der Waals surface area contributed by atoms with Gasteiger partial charge in [0.25, 0.3) is 0 Å². The van der Waals surface area contributed by atoms with Crippen molar-refractivity contribution >= 4 is 23.3 Å². The van der Waals surface area contributed by atoms with Crippen LogP contribution in [0.3, 0.4) is 0 Å². The van der Waals surface area contributed by atoms with Gasteiger partial charge in [-0.2, -0.15) is 0 Å². The highest BCUT2D eigenvalue weighted by atomic mass is 32.1. The van der Waals surface area contributed by atoms with Gasteiger partial charge in [0.15, 0.2) is 0 Å². The standard InChI is InChI=1S/C22H31N3O3S/c1-5-6-12-18-14-29-21(24-18)16(4)23-20(26)19(15(2)3)25-22(27)28-13-17-10-8-7-9-11-17/h7-11,14-16,19H,5-6,12-13H2,1-4H3,(H,23,26)(H,25,27)/t16-,19-/m1/s1. The fourth-order valence-corrected chi connectivity index (χ4v) is 3.65. The van der Waals surface area contributed by atoms with Gasteiger partial charge >= 0.3 is 6.09 Å². The number of amides is 2. The summed E-state index contributed by atoms with van der Waals surface area (Å²) in [5, 5.41) is 8.57. The number of benzene rings is 1. The molecule has 0 fully saturated rings. The SMILES string of the molecule is CCCCc1csc([C@@H](C)NC(=O)[C@H](NC(=O)OCc2ccccc2)C(C)C)n1. The van der Waals surface area contributed by atoms with E-state index >= 15 is 0 Å². The molecular formula is C22H31N3O3S. The van der Waals surface area contributed by atoms with E-state index in [4.69, 9.17) is 4.74 Å². The van der Waals surface area contributed by atoms with Gasteiger partial charge in [-0.15, -0.1) is 11.3 Å². The van der Waals surface area contributed by atoms with Gasteiger partial charge in [-0.05, 0) is 31.2 Å². The van der Waals surface area contributed by atoms with Crippen LogP contribution in [-0.4, -0.2) is 23.0 Å². The summed E-state index contributed by atoms with van der Waals surface area (Å²) in [6, 6.07) is 8.53. The zero-order valence-corrected chi connectivity index (χ0v) is 18.4. The summed E-state index contributed by atoms with van der Waals surface area (Å²) >= 11 is 1.55. The van der Waals surface area contributed by atoms with Gasteiger partial charge in [-0.3, -0.25) is 4.79 Å². The highest BCUT2D eigenvalue weighted by molar-refractivity contribution is 7.09. The van der Waals surface area contributed by atoms with Gasteiger partial charge in [-0.1, -0.05) is 57.5 Å². The molecule has 0 saturated heterocycles. The van der Waals surface area contributed by atoms with Crippen LogP contribution in [-0.2, 0) is 22.6 Å². The summed E-state index contributed by atoms with van der Waals surface area (Å²) in [6.45, 7) is 8.00. The second-order valence-corrected chi connectivity index (χ2v) is 8.33. The van der Waals surface area contributed by atoms with Crippen LogP contribution in [0.4, 0.5) is 4.79 Å². The minimum atomic E-state index is -0.680. The smallest absolute Gasteiger partial charge is 0.408 e. The molecule has 2 rings (SSSR count). The van der Waals surface area contributed by atoms with Crippen LogP contribution in [0.15, 0.2) is 35.7 Å². The molecule has 2 atom stereocenters. The molecule has 0 bridgehead atoms. The highest BCUT2D eigenvalue weighted by Gasteiger charge is 2.26. The van der Waals surface area contributed by atoms with Gasteiger partial charge in [0.05, 0.1) is 11.7 Å². The summed E-state index contributed by atoms with van der Waals surface area (Å²) < 4.78 is 5.25. The normalized spacial score (nSPS) is 13.0. The van der Waals surface area contributed by atoms with Crippen molar-refractivity contribution in [1.29, 1.82) is 0 Å². The Kier molecular flexibility index (Phi) is 9.12. The zero-order valence-electron chi connectivity index (χ0n) is 17.6. The number of rotatable bonds is 10. The molecule has 1 aromatic carbocycles. The van der Waals surface area contributed by atoms with Gasteiger partial charge < -0.3 is 15.4 Å². The van der Waals surface area contributed by atoms with Crippen LogP contribution in [0, 0.1) is 5.92 Å². The molecule has 2 amide bonds. The fraction of sp³-hybridized carbons (Fsp3) is 0.500. The van der Waals surface area contributed by atoms with Crippen molar-refractivity contribution < 1.29 is 14.3 Å². The van der Waals surface area contributed by atoms with E-state index in [-0.39, 0.29) is 24.5 Å². The maximum Gasteiger partial charge on any atom is 0.408 e. The molecule has 29 heavy (non-hydrogen) atoms. The average Bonchev–Trinajstić information content (AvgIpc) is 3.18. The van der Waals surface area contributed by atoms with Crippen molar-refractivity contribution in [2.24, 2.45) is 5.92 Å². The van der Waals surface area contributed by atoms with Crippen molar-refractivity contribution in [2.75, 3.05) is 0 Å². The average molecular weight is 418 g/mol. The third kappa shape index (κ3) is 7.49. The lowest BCUT2D eigenvalue weighted by atomic mass is 10.0. The molecule has 6 nitrogen and oxygen atoms in total. The quantitative estimate of drug-likeness (QED) is 0.591. The number of alkyl carbamates (subject to hydrolysis) is 1. The van der Waals surface area contributed by atoms with Crippen LogP contribution in [0.2, 0.25) is 0 Å². The maximum absolute atomic E-state index is 12.8. The van der Waals surface area contributed by atoms with E-state index in [1.807, 2.05) is 56.5 Å². The predicted molar refractivity (Wildman–Crippen MR) is 116 cm³/mol. The number of unbranched alkanes of at least 4 members (excludes halogenated alkanes) is 1. The number of nitrogens with zero attached hydrogens (tertiary/aromatic N) is 1. The van der Waals surface area contributed by atoms with Crippen molar-refractivity contribution in [3.05, 3.63) is 52.0 Å². The first-order valence-corrected chi connectivity index (χ1v) is 11.0. The highest BCUT2D eigenvalue weighted by Crippen LogP contribution is 2.19. The van der Waals surface area contributed by atoms with Crippen LogP contribution in [0.5, 0.6) is 0 Å². The van der Waals surface area contributed by atoms with Gasteiger partial charge in [0.1, 0.15) is 17.7 Å². The molecule has 1 heterocycles. The first-order valence-electron chi connectivity index (χ1n) is 10.1. The van der Waals surface area contributed by atoms with Crippen molar-refractivity contribution in [1.82, 2.24) is 15.6 Å². The van der Waals surface area contributed by atoms with Gasteiger partial charge in [-0.25, -0.2) is 9.78 Å². The first-order chi connectivity index (χ1) is 13.9. The molecule has 0 aliphatic heterocycles. The molecule has 1 aromatic heterocycles. The van der Waals surface area contributed by atoms with Crippen LogP contribution in [0.25, 0.3) is 0 Å². The summed E-state index contributed by atoms with van der Waals surface area (Å²) in [6.07, 6.45) is 2.58. The van der Waals surface area contributed by atoms with Crippen molar-refractivity contribution in [3.8, 4) is 0 Å². The molecule has 0 spiro atoms. The predicted octanol–water partition coefficient (Wildman–Crippen LogP) is 4.61. The monoisotopic (exact) mass is 417 g/mol. The zero-order chi connectivity index (χ0) is 21.2. The molecule has 0 unspecified atom stereocenters. The summed E-state index contributed by atoms with van der Waals surface area (Å²) in [4.78, 5) is 29.5. The van der Waals surface area contributed by atoms with E-state index < -0.39 is 12.1 Å². The minimum absolute atomic E-state index is 0.0807. The lowest BCUT2D eigenvalue weighted by Crippen LogP contribution is -2.50. The summed E-state index contributed by atoms with van der Waals surface area (Å²) in [5.41, 5.74) is 1.96. The third-order valence-corrected chi connectivity index (χ3v) is 5.60. The van der Waals surface area contributed by atoms with Crippen LogP contribution in [0.1, 0.15) is 62.8 Å². The Bertz CT molecular complexity index is 777. The topological polar surface area (TPSA) is 80.3 Å². The summed E-state index contributed by atoms with van der Waals surface area (Å²) in [5.74, 6) is -0.322. The van der Waals surface area contributed by atoms with E-state index in [2.05, 4.69) is 22.5 Å². The van der Waals surface area contributed by atoms with Crippen molar-refractivity contribution in [2.45, 2.75) is 65.6 Å². The molecule has 2 aromatic rings. The molecular weight excluding hydrogens is 386 g/mol. The Labute approximate surface area is 177 Å². The molecule has 0 aliphatic rings. The molecule has 0 aliphatic carbocycles. The maximum atomic E-state index is 12.8. The molecule has 7 heteroatoms. The number of carbonyl (C=O) groups is 2. The lowest BCUT2D eigenvalue weighted by molar-refractivity contribution is -0.124. The Morgan fingerprint density at radius 1 is 1.14 bits per heavy atom. The molecule has 2 N–H and O–H groups in total. The van der Waals surface area contributed by atoms with E-state index in [0.717, 1.165) is 35.5 Å². The fourth-order valence-electron chi connectivity index (χ4n) is 2.79. The number of ether oxygens (including phenoxy) is 1. The second kappa shape index (κ2) is 11.6. The van der Waals surface area contributed by atoms with Gasteiger partial charge in [0, 0.05) is 5.38 Å². The largest absolute Gasteiger partial charge is 0.445 e. The van der Waals surface area contributed by atoms with Crippen molar-refractivity contribution in [3.63, 3.8) is 0 Å². The van der Waals surface area contributed by atoms with E-state index in [1.54, 1.807) is 11.3 Å². The number of nitrogens with one attached hydrogen (secondary N) is 2. The Morgan fingerprint density at radius 3 is 2.52 bits per heavy atom. The molecule has 158 valence electrons. The first kappa shape index (κ1) is 22.9. The van der Waals surface area contributed by atoms with Crippen LogP contribution < -0.4 is 10.6 Å². The number of hydrogen-bond donors (Lipinski definition) is 2. The van der Waals surface area contributed by atoms with Crippen LogP contribution >= 0.6 is 11.3 Å². The minimum Gasteiger partial charge on any atom is -0.445 e. The van der Waals surface area contributed by atoms with E-state index in [9.17, 15) is 9.59 Å². The number of thiazole rings is 1. The Morgan fingerprint density at radius 2 is 1.86 bits per heavy atom. The lowest BCUT2D eigenvalue weighted by Gasteiger charge is -2.23. The molecule has 0 radical (unpaired) electrons. The number of hydrogen-bond acceptors (Lipinski definition) is 5. The van der Waals surface area contributed by atoms with Gasteiger partial charge in [0.2, 0.25) is 5.91 Å². The van der Waals surface area contributed by atoms with E-state index in [0.29, 0.717) is 0 Å². The summed E-state index contributed by atoms with van der Waals surface area (Å²) in [7, 11) is 0. The number of aryl methyl sites for hydroxylation is 1.